The minimum Gasteiger partial charge on any atom is -0.550 e. The molecule has 0 bridgehead atoms. The normalized spacial score (nSPS) is 13.2. The first kappa shape index (κ1) is 33.9. The van der Waals surface area contributed by atoms with Crippen molar-refractivity contribution in [1.29, 1.82) is 0 Å². The van der Waals surface area contributed by atoms with E-state index in [4.69, 9.17) is 9.90 Å². The number of benzene rings is 1. The van der Waals surface area contributed by atoms with E-state index in [1.165, 1.54) is 100 Å². The van der Waals surface area contributed by atoms with Crippen LogP contribution < -0.4 is 10.4 Å². The Morgan fingerprint density at radius 1 is 0.842 bits per heavy atom. The van der Waals surface area contributed by atoms with Crippen LogP contribution in [0.3, 0.4) is 0 Å². The first-order valence-corrected chi connectivity index (χ1v) is 15.2. The van der Waals surface area contributed by atoms with Crippen LogP contribution >= 0.6 is 0 Å². The number of allylic oxidation sites excluding steroid dienone is 1. The number of quaternary nitrogens is 1. The van der Waals surface area contributed by atoms with Crippen LogP contribution in [0.25, 0.3) is 5.57 Å². The number of nitrogens with one attached hydrogen (secondary N) is 1. The highest BCUT2D eigenvalue weighted by molar-refractivity contribution is 5.84. The second-order valence-corrected chi connectivity index (χ2v) is 11.8. The molecule has 1 aliphatic rings. The van der Waals surface area contributed by atoms with E-state index in [-0.39, 0.29) is 11.9 Å². The minimum absolute atomic E-state index is 0.0518. The van der Waals surface area contributed by atoms with E-state index in [1.54, 1.807) is 0 Å². The van der Waals surface area contributed by atoms with Gasteiger partial charge >= 0.3 is 0 Å². The van der Waals surface area contributed by atoms with Gasteiger partial charge in [0.25, 0.3) is 5.91 Å². The number of hydrogen-bond donors (Lipinski definition) is 1. The van der Waals surface area contributed by atoms with Gasteiger partial charge in [-0.25, -0.2) is 0 Å². The van der Waals surface area contributed by atoms with Gasteiger partial charge in [0, 0.05) is 18.9 Å². The van der Waals surface area contributed by atoms with Crippen LogP contribution in [0.1, 0.15) is 121 Å². The molecule has 0 saturated heterocycles. The monoisotopic (exact) mass is 528 g/mol. The van der Waals surface area contributed by atoms with E-state index in [9.17, 15) is 4.79 Å². The van der Waals surface area contributed by atoms with Crippen LogP contribution in [0.2, 0.25) is 0 Å². The van der Waals surface area contributed by atoms with Crippen molar-refractivity contribution in [3.8, 4) is 0 Å². The summed E-state index contributed by atoms with van der Waals surface area (Å²) in [6, 6.07) is 8.57. The molecule has 1 N–H and O–H groups in total. The van der Waals surface area contributed by atoms with Crippen molar-refractivity contribution in [3.05, 3.63) is 41.5 Å². The highest BCUT2D eigenvalue weighted by Gasteiger charge is 2.33. The van der Waals surface area contributed by atoms with Gasteiger partial charge in [0.05, 0.1) is 21.1 Å². The summed E-state index contributed by atoms with van der Waals surface area (Å²) in [5, 5.41) is 12.1. The van der Waals surface area contributed by atoms with Crippen LogP contribution in [0.5, 0.6) is 0 Å². The molecule has 38 heavy (non-hydrogen) atoms. The largest absolute Gasteiger partial charge is 0.550 e. The summed E-state index contributed by atoms with van der Waals surface area (Å²) in [7, 11) is 6.41. The van der Waals surface area contributed by atoms with Gasteiger partial charge in [-0.1, -0.05) is 121 Å². The Morgan fingerprint density at radius 2 is 1.32 bits per heavy atom. The van der Waals surface area contributed by atoms with E-state index in [0.717, 1.165) is 32.7 Å². The summed E-state index contributed by atoms with van der Waals surface area (Å²) in [5.74, 6) is -0.882. The smallest absolute Gasteiger partial charge is 0.278 e. The van der Waals surface area contributed by atoms with E-state index in [0.29, 0.717) is 4.48 Å². The third-order valence-electron chi connectivity index (χ3n) is 7.41. The number of fused-ring (bicyclic) bond motifs is 1. The molecular weight excluding hydrogens is 472 g/mol. The molecule has 5 heteroatoms. The fourth-order valence-electron chi connectivity index (χ4n) is 5.12. The van der Waals surface area contributed by atoms with Crippen LogP contribution in [-0.2, 0) is 16.0 Å². The molecule has 0 aliphatic heterocycles. The first-order chi connectivity index (χ1) is 18.2. The highest BCUT2D eigenvalue weighted by atomic mass is 16.4. The second-order valence-electron chi connectivity index (χ2n) is 11.8. The Morgan fingerprint density at radius 3 is 1.82 bits per heavy atom. The summed E-state index contributed by atoms with van der Waals surface area (Å²) in [6.07, 6.45) is 23.2. The Kier molecular flexibility index (Phi) is 17.7. The number of aliphatic carboxylic acids is 1. The maximum Gasteiger partial charge on any atom is 0.278 e. The van der Waals surface area contributed by atoms with Crippen molar-refractivity contribution in [1.82, 2.24) is 5.32 Å². The number of carbonyl (C=O) groups excluding carboxylic acids is 2. The lowest BCUT2D eigenvalue weighted by Crippen LogP contribution is -2.54. The summed E-state index contributed by atoms with van der Waals surface area (Å²) < 4.78 is 0.657. The van der Waals surface area contributed by atoms with Gasteiger partial charge in [0.15, 0.2) is 6.04 Å². The highest BCUT2D eigenvalue weighted by Crippen LogP contribution is 2.32. The average molecular weight is 529 g/mol. The molecule has 0 fully saturated rings. The molecule has 0 aromatic heterocycles. The maximum atomic E-state index is 13.1. The van der Waals surface area contributed by atoms with Gasteiger partial charge in [-0.2, -0.15) is 0 Å². The molecule has 5 nitrogen and oxygen atoms in total. The topological polar surface area (TPSA) is 69.2 Å². The standard InChI is InChI=1S/C31H52N2O.C2H4O2/c1-5-6-7-8-9-10-11-12-13-14-15-16-17-20-25-32-31(34)30(33(2,3)4)26-28-24-23-27-21-18-19-22-29(27)28;1-2(3)4/h18-19,21-22,24,30H,5-17,20,23,25-26H2,1-4H3;1H3,(H,3,4). The quantitative estimate of drug-likeness (QED) is 0.166. The minimum atomic E-state index is -1.08. The molecule has 0 heterocycles. The molecule has 216 valence electrons. The third kappa shape index (κ3) is 15.3. The van der Waals surface area contributed by atoms with E-state index in [1.807, 2.05) is 0 Å². The zero-order valence-electron chi connectivity index (χ0n) is 25.2. The average Bonchev–Trinajstić information content (AvgIpc) is 3.26. The molecule has 0 spiro atoms. The lowest BCUT2D eigenvalue weighted by atomic mass is 9.97. The van der Waals surface area contributed by atoms with Crippen LogP contribution in [0.15, 0.2) is 30.3 Å². The summed E-state index contributed by atoms with van der Waals surface area (Å²) in [4.78, 5) is 22.0. The number of hydrogen-bond acceptors (Lipinski definition) is 3. The van der Waals surface area contributed by atoms with Gasteiger partial charge in [-0.15, -0.1) is 0 Å². The number of rotatable bonds is 19. The Labute approximate surface area is 233 Å². The number of amides is 1. The number of carboxylic acids is 1. The summed E-state index contributed by atoms with van der Waals surface area (Å²) >= 11 is 0. The molecule has 2 rings (SSSR count). The fourth-order valence-corrected chi connectivity index (χ4v) is 5.12. The lowest BCUT2D eigenvalue weighted by molar-refractivity contribution is -0.886. The zero-order valence-corrected chi connectivity index (χ0v) is 25.2. The predicted octanol–water partition coefficient (Wildman–Crippen LogP) is 6.44. The van der Waals surface area contributed by atoms with E-state index >= 15 is 0 Å². The zero-order chi connectivity index (χ0) is 28.2. The number of carbonyl (C=O) groups is 2. The maximum absolute atomic E-state index is 13.1. The molecule has 1 aromatic carbocycles. The van der Waals surface area contributed by atoms with Gasteiger partial charge in [-0.05, 0) is 36.5 Å². The van der Waals surface area contributed by atoms with Crippen molar-refractivity contribution in [3.63, 3.8) is 0 Å². The molecule has 1 atom stereocenters. The van der Waals surface area contributed by atoms with Gasteiger partial charge in [-0.3, -0.25) is 4.79 Å². The molecule has 1 aliphatic carbocycles. The van der Waals surface area contributed by atoms with E-state index in [2.05, 4.69) is 63.7 Å². The Balaban J connectivity index is 0.00000168. The van der Waals surface area contributed by atoms with Crippen LogP contribution in [-0.4, -0.2) is 50.1 Å². The molecular formula is C33H56N2O3. The Hall–Kier alpha value is -2.14. The first-order valence-electron chi connectivity index (χ1n) is 15.2. The molecule has 1 aromatic rings. The molecule has 0 radical (unpaired) electrons. The van der Waals surface area contributed by atoms with Crippen molar-refractivity contribution in [2.75, 3.05) is 27.7 Å². The number of likely N-dealkylation sites (N-methyl/N-ethyl adjacent to an activating group) is 1. The number of carboxylic acid groups (broad SMARTS) is 1. The number of unbranched alkanes of at least 4 members (excludes halogenated alkanes) is 13. The van der Waals surface area contributed by atoms with Crippen molar-refractivity contribution in [2.45, 2.75) is 123 Å². The third-order valence-corrected chi connectivity index (χ3v) is 7.41. The van der Waals surface area contributed by atoms with Crippen molar-refractivity contribution in [2.24, 2.45) is 0 Å². The number of nitrogens with zero attached hydrogens (tertiary/aromatic N) is 1. The molecule has 1 unspecified atom stereocenters. The van der Waals surface area contributed by atoms with E-state index < -0.39 is 5.97 Å². The molecule has 0 saturated carbocycles. The fraction of sp³-hybridized carbons (Fsp3) is 0.697. The van der Waals surface area contributed by atoms with Crippen LogP contribution in [0.4, 0.5) is 0 Å². The SMILES string of the molecule is CC(=O)[O-].CCCCCCCCCCCCCCCCNC(=O)C(CC1=CCc2ccccc21)[N+](C)(C)C. The lowest BCUT2D eigenvalue weighted by Gasteiger charge is -2.33. The van der Waals surface area contributed by atoms with Gasteiger partial charge in [0.1, 0.15) is 0 Å². The summed E-state index contributed by atoms with van der Waals surface area (Å²) in [6.45, 7) is 4.07. The predicted molar refractivity (Wildman–Crippen MR) is 159 cm³/mol. The summed E-state index contributed by atoms with van der Waals surface area (Å²) in [5.41, 5.74) is 4.06. The van der Waals surface area contributed by atoms with Crippen molar-refractivity contribution < 1.29 is 19.2 Å². The molecule has 1 amide bonds. The van der Waals surface area contributed by atoms with Crippen molar-refractivity contribution >= 4 is 17.4 Å². The van der Waals surface area contributed by atoms with Gasteiger partial charge < -0.3 is 19.7 Å². The van der Waals surface area contributed by atoms with Gasteiger partial charge in [0.2, 0.25) is 0 Å². The Bertz CT molecular complexity index is 822. The second kappa shape index (κ2) is 19.9. The van der Waals surface area contributed by atoms with Crippen LogP contribution in [0, 0.1) is 0 Å².